The molecule has 2 heterocycles. The molecule has 7 heteroatoms. The fourth-order valence-electron chi connectivity index (χ4n) is 5.34. The molecule has 1 atom stereocenters. The van der Waals surface area contributed by atoms with Gasteiger partial charge in [-0.2, -0.15) is 0 Å². The predicted molar refractivity (Wildman–Crippen MR) is 149 cm³/mol. The summed E-state index contributed by atoms with van der Waals surface area (Å²) in [6, 6.07) is 14.4. The Labute approximate surface area is 220 Å². The number of piperidine rings is 1. The maximum Gasteiger partial charge on any atom is 0.329 e. The van der Waals surface area contributed by atoms with E-state index in [0.717, 1.165) is 67.0 Å². The molecule has 1 saturated heterocycles. The summed E-state index contributed by atoms with van der Waals surface area (Å²) >= 11 is 0. The zero-order chi connectivity index (χ0) is 26.4. The van der Waals surface area contributed by atoms with Gasteiger partial charge in [0.1, 0.15) is 17.6 Å². The summed E-state index contributed by atoms with van der Waals surface area (Å²) in [5, 5.41) is 0. The molecule has 3 aromatic rings. The Morgan fingerprint density at radius 1 is 1.03 bits per heavy atom. The van der Waals surface area contributed by atoms with E-state index in [9.17, 15) is 4.79 Å². The van der Waals surface area contributed by atoms with Gasteiger partial charge in [-0.15, -0.1) is 0 Å². The Morgan fingerprint density at radius 3 is 2.43 bits per heavy atom. The number of hydrogen-bond donors (Lipinski definition) is 0. The molecule has 1 unspecified atom stereocenters. The monoisotopic (exact) mass is 509 g/mol. The van der Waals surface area contributed by atoms with Crippen molar-refractivity contribution < 1.29 is 14.2 Å². The van der Waals surface area contributed by atoms with Crippen LogP contribution >= 0.6 is 0 Å². The molecule has 0 radical (unpaired) electrons. The highest BCUT2D eigenvalue weighted by Gasteiger charge is 2.26. The van der Waals surface area contributed by atoms with Crippen LogP contribution in [0.4, 0.5) is 0 Å². The maximum absolute atomic E-state index is 13.4. The van der Waals surface area contributed by atoms with Crippen molar-refractivity contribution >= 4 is 11.0 Å². The number of likely N-dealkylation sites (tertiary alicyclic amines) is 1. The molecule has 4 rings (SSSR count). The van der Waals surface area contributed by atoms with Gasteiger partial charge in [0, 0.05) is 38.3 Å². The van der Waals surface area contributed by atoms with Crippen LogP contribution in [-0.4, -0.2) is 60.1 Å². The third kappa shape index (κ3) is 6.39. The smallest absolute Gasteiger partial charge is 0.329 e. The van der Waals surface area contributed by atoms with Crippen molar-refractivity contribution in [1.29, 1.82) is 0 Å². The molecule has 1 aliphatic heterocycles. The Kier molecular flexibility index (Phi) is 9.33. The van der Waals surface area contributed by atoms with E-state index in [1.165, 1.54) is 0 Å². The summed E-state index contributed by atoms with van der Waals surface area (Å²) in [6.07, 6.45) is 3.05. The minimum atomic E-state index is 0.0845. The van der Waals surface area contributed by atoms with Gasteiger partial charge in [-0.1, -0.05) is 32.0 Å². The third-order valence-corrected chi connectivity index (χ3v) is 7.60. The maximum atomic E-state index is 13.4. The molecule has 1 aliphatic rings. The van der Waals surface area contributed by atoms with Crippen LogP contribution in [0.2, 0.25) is 0 Å². The highest BCUT2D eigenvalue weighted by atomic mass is 16.5. The van der Waals surface area contributed by atoms with E-state index < -0.39 is 0 Å². The lowest BCUT2D eigenvalue weighted by Crippen LogP contribution is -2.40. The average molecular weight is 510 g/mol. The molecule has 1 aromatic heterocycles. The van der Waals surface area contributed by atoms with E-state index in [0.29, 0.717) is 25.7 Å². The minimum absolute atomic E-state index is 0.0845. The summed E-state index contributed by atoms with van der Waals surface area (Å²) in [4.78, 5) is 16.0. The molecule has 2 aromatic carbocycles. The molecule has 37 heavy (non-hydrogen) atoms. The van der Waals surface area contributed by atoms with E-state index in [2.05, 4.69) is 31.7 Å². The molecular weight excluding hydrogens is 466 g/mol. The van der Waals surface area contributed by atoms with Crippen LogP contribution in [-0.2, 0) is 11.3 Å². The second-order valence-electron chi connectivity index (χ2n) is 10.4. The van der Waals surface area contributed by atoms with Gasteiger partial charge in [0.25, 0.3) is 0 Å². The number of ether oxygens (including phenoxy) is 3. The largest absolute Gasteiger partial charge is 0.497 e. The number of benzene rings is 2. The van der Waals surface area contributed by atoms with Crippen LogP contribution in [0.15, 0.2) is 47.3 Å². The van der Waals surface area contributed by atoms with E-state index in [1.54, 1.807) is 7.11 Å². The summed E-state index contributed by atoms with van der Waals surface area (Å²) in [5.41, 5.74) is 3.24. The number of hydrogen-bond acceptors (Lipinski definition) is 5. The highest BCUT2D eigenvalue weighted by molar-refractivity contribution is 5.76. The van der Waals surface area contributed by atoms with Crippen molar-refractivity contribution in [2.24, 2.45) is 5.92 Å². The molecule has 0 amide bonds. The summed E-state index contributed by atoms with van der Waals surface area (Å²) < 4.78 is 21.3. The second-order valence-corrected chi connectivity index (χ2v) is 10.4. The molecule has 0 spiro atoms. The Morgan fingerprint density at radius 2 is 1.76 bits per heavy atom. The van der Waals surface area contributed by atoms with Gasteiger partial charge in [-0.3, -0.25) is 9.13 Å². The Balaban J connectivity index is 1.38. The van der Waals surface area contributed by atoms with E-state index in [1.807, 2.05) is 52.5 Å². The standard InChI is InChI=1S/C30H43N3O4/c1-6-36-20-19-32-26-9-7-8-10-27(26)33(30(32)34)24-13-16-31(17-14-24)18-15-28(22(2)3)37-29-21-25(35-5)12-11-23(29)4/h7-12,21-22,24,28H,6,13-20H2,1-5H3. The Hall–Kier alpha value is -2.77. The average Bonchev–Trinajstić information content (AvgIpc) is 3.19. The van der Waals surface area contributed by atoms with E-state index in [-0.39, 0.29) is 17.8 Å². The van der Waals surface area contributed by atoms with Crippen LogP contribution in [0.1, 0.15) is 51.6 Å². The summed E-state index contributed by atoms with van der Waals surface area (Å²) in [7, 11) is 1.69. The van der Waals surface area contributed by atoms with Gasteiger partial charge >= 0.3 is 5.69 Å². The number of methoxy groups -OCH3 is 1. The van der Waals surface area contributed by atoms with Crippen LogP contribution in [0.3, 0.4) is 0 Å². The van der Waals surface area contributed by atoms with Gasteiger partial charge in [-0.25, -0.2) is 4.79 Å². The molecular formula is C30H43N3O4. The number of fused-ring (bicyclic) bond motifs is 1. The summed E-state index contributed by atoms with van der Waals surface area (Å²) in [5.74, 6) is 2.13. The molecule has 1 fully saturated rings. The zero-order valence-electron chi connectivity index (χ0n) is 23.1. The lowest BCUT2D eigenvalue weighted by molar-refractivity contribution is 0.109. The first-order chi connectivity index (χ1) is 17.9. The van der Waals surface area contributed by atoms with Gasteiger partial charge in [-0.05, 0) is 62.8 Å². The second kappa shape index (κ2) is 12.7. The van der Waals surface area contributed by atoms with Crippen LogP contribution in [0, 0.1) is 12.8 Å². The topological polar surface area (TPSA) is 57.9 Å². The summed E-state index contributed by atoms with van der Waals surface area (Å²) in [6.45, 7) is 13.3. The molecule has 0 N–H and O–H groups in total. The van der Waals surface area contributed by atoms with Crippen molar-refractivity contribution in [3.63, 3.8) is 0 Å². The first-order valence-electron chi connectivity index (χ1n) is 13.7. The fourth-order valence-corrected chi connectivity index (χ4v) is 5.34. The van der Waals surface area contributed by atoms with Crippen molar-refractivity contribution in [2.45, 2.75) is 65.6 Å². The highest BCUT2D eigenvalue weighted by Crippen LogP contribution is 2.29. The first-order valence-corrected chi connectivity index (χ1v) is 13.7. The lowest BCUT2D eigenvalue weighted by Gasteiger charge is -2.34. The molecule has 0 bridgehead atoms. The van der Waals surface area contributed by atoms with Crippen molar-refractivity contribution in [3.05, 3.63) is 58.5 Å². The number of imidazole rings is 1. The normalized spacial score (nSPS) is 15.9. The fraction of sp³-hybridized carbons (Fsp3) is 0.567. The Bertz CT molecular complexity index is 1210. The van der Waals surface area contributed by atoms with Crippen LogP contribution < -0.4 is 15.2 Å². The quantitative estimate of drug-likeness (QED) is 0.311. The van der Waals surface area contributed by atoms with Gasteiger partial charge in [0.15, 0.2) is 0 Å². The number of aromatic nitrogens is 2. The zero-order valence-corrected chi connectivity index (χ0v) is 23.1. The van der Waals surface area contributed by atoms with E-state index in [4.69, 9.17) is 14.2 Å². The van der Waals surface area contributed by atoms with Gasteiger partial charge in [0.2, 0.25) is 0 Å². The van der Waals surface area contributed by atoms with Crippen LogP contribution in [0.25, 0.3) is 11.0 Å². The number of nitrogens with zero attached hydrogens (tertiary/aromatic N) is 3. The van der Waals surface area contributed by atoms with E-state index >= 15 is 0 Å². The molecule has 0 saturated carbocycles. The minimum Gasteiger partial charge on any atom is -0.497 e. The lowest BCUT2D eigenvalue weighted by atomic mass is 10.0. The van der Waals surface area contributed by atoms with Gasteiger partial charge < -0.3 is 19.1 Å². The molecule has 7 nitrogen and oxygen atoms in total. The molecule has 202 valence electrons. The number of rotatable bonds is 12. The van der Waals surface area contributed by atoms with Crippen molar-refractivity contribution in [1.82, 2.24) is 14.0 Å². The number of aryl methyl sites for hydroxylation is 1. The van der Waals surface area contributed by atoms with Crippen molar-refractivity contribution in [3.8, 4) is 11.5 Å². The first kappa shape index (κ1) is 27.3. The van der Waals surface area contributed by atoms with Crippen LogP contribution in [0.5, 0.6) is 11.5 Å². The SMILES string of the molecule is CCOCCn1c(=O)n(C2CCN(CCC(Oc3cc(OC)ccc3C)C(C)C)CC2)c2ccccc21. The molecule has 0 aliphatic carbocycles. The third-order valence-electron chi connectivity index (χ3n) is 7.60. The van der Waals surface area contributed by atoms with Crippen molar-refractivity contribution in [2.75, 3.05) is 40.0 Å². The number of para-hydroxylation sites is 2. The predicted octanol–water partition coefficient (Wildman–Crippen LogP) is 5.29. The van der Waals surface area contributed by atoms with Gasteiger partial charge in [0.05, 0.1) is 31.3 Å².